The summed E-state index contributed by atoms with van der Waals surface area (Å²) in [7, 11) is 2.98. The van der Waals surface area contributed by atoms with E-state index in [1.807, 2.05) is 0 Å². The summed E-state index contributed by atoms with van der Waals surface area (Å²) >= 11 is 0. The molecule has 0 aromatic heterocycles. The Morgan fingerprint density at radius 3 is 2.48 bits per heavy atom. The van der Waals surface area contributed by atoms with Crippen LogP contribution in [0.25, 0.3) is 0 Å². The fourth-order valence-electron chi connectivity index (χ4n) is 4.47. The van der Waals surface area contributed by atoms with E-state index in [0.29, 0.717) is 40.7 Å². The zero-order valence-corrected chi connectivity index (χ0v) is 17.7. The molecule has 0 fully saturated rings. The molecule has 8 heteroatoms. The quantitative estimate of drug-likeness (QED) is 0.765. The van der Waals surface area contributed by atoms with Crippen molar-refractivity contribution in [1.29, 1.82) is 0 Å². The van der Waals surface area contributed by atoms with Crippen molar-refractivity contribution in [3.63, 3.8) is 0 Å². The molecular weight excluding hydrogens is 404 g/mol. The molecule has 0 saturated heterocycles. The molecule has 2 aromatic rings. The Balaban J connectivity index is 1.61. The summed E-state index contributed by atoms with van der Waals surface area (Å²) in [6, 6.07) is 6.41. The van der Waals surface area contributed by atoms with Crippen molar-refractivity contribution in [1.82, 2.24) is 0 Å². The van der Waals surface area contributed by atoms with Gasteiger partial charge in [-0.2, -0.15) is 0 Å². The Labute approximate surface area is 179 Å². The molecule has 0 amide bonds. The highest BCUT2D eigenvalue weighted by molar-refractivity contribution is 6.07. The third-order valence-corrected chi connectivity index (χ3v) is 6.27. The number of fused-ring (bicyclic) bond motifs is 6. The largest absolute Gasteiger partial charge is 0.493 e. The smallest absolute Gasteiger partial charge is 0.206 e. The van der Waals surface area contributed by atoms with Crippen molar-refractivity contribution in [2.24, 2.45) is 0 Å². The van der Waals surface area contributed by atoms with Crippen LogP contribution in [0.2, 0.25) is 0 Å². The number of aliphatic hydroxyl groups is 2. The van der Waals surface area contributed by atoms with Crippen LogP contribution in [0, 0.1) is 0 Å². The highest BCUT2D eigenvalue weighted by Gasteiger charge is 2.57. The predicted octanol–water partition coefficient (Wildman–Crippen LogP) is 2.00. The standard InChI is InChI=1S/C23H24O8/c1-22(2,25)18-7-12-14(30-18)6-5-11-20(12)31-19-10-29-15-9-17(28-4)16(27-3)8-13(15)23(19,26)21(11)24/h5-6,8-9,18-19,25-26H,7,10H2,1-4H3/t18-,19-,23+/m0/s1. The summed E-state index contributed by atoms with van der Waals surface area (Å²) in [5, 5.41) is 22.0. The number of hydrogen-bond acceptors (Lipinski definition) is 8. The first-order valence-electron chi connectivity index (χ1n) is 10.1. The molecule has 2 aromatic carbocycles. The van der Waals surface area contributed by atoms with Crippen LogP contribution in [-0.2, 0) is 12.0 Å². The summed E-state index contributed by atoms with van der Waals surface area (Å²) < 4.78 is 28.5. The van der Waals surface area contributed by atoms with E-state index in [9.17, 15) is 15.0 Å². The first kappa shape index (κ1) is 20.0. The molecule has 8 nitrogen and oxygen atoms in total. The van der Waals surface area contributed by atoms with Gasteiger partial charge in [-0.05, 0) is 32.0 Å². The van der Waals surface area contributed by atoms with Crippen LogP contribution in [0.4, 0.5) is 0 Å². The second-order valence-electron chi connectivity index (χ2n) is 8.60. The Hall–Kier alpha value is -2.97. The summed E-state index contributed by atoms with van der Waals surface area (Å²) in [6.45, 7) is 3.33. The van der Waals surface area contributed by atoms with Crippen molar-refractivity contribution >= 4 is 5.78 Å². The van der Waals surface area contributed by atoms with Crippen LogP contribution in [0.3, 0.4) is 0 Å². The first-order valence-corrected chi connectivity index (χ1v) is 10.1. The number of carbonyl (C=O) groups excluding carboxylic acids is 1. The molecular formula is C23H24O8. The molecule has 3 aliphatic rings. The molecule has 3 heterocycles. The molecule has 0 aliphatic carbocycles. The number of hydrogen-bond donors (Lipinski definition) is 2. The van der Waals surface area contributed by atoms with Gasteiger partial charge in [0.1, 0.15) is 30.0 Å². The number of methoxy groups -OCH3 is 2. The molecule has 3 atom stereocenters. The maximum atomic E-state index is 13.6. The minimum atomic E-state index is -1.94. The lowest BCUT2D eigenvalue weighted by molar-refractivity contribution is -0.0803. The van der Waals surface area contributed by atoms with Crippen molar-refractivity contribution in [3.8, 4) is 28.7 Å². The topological polar surface area (TPSA) is 104 Å². The Bertz CT molecular complexity index is 1090. The highest BCUT2D eigenvalue weighted by Crippen LogP contribution is 2.51. The third kappa shape index (κ3) is 2.71. The van der Waals surface area contributed by atoms with Gasteiger partial charge >= 0.3 is 0 Å². The molecule has 31 heavy (non-hydrogen) atoms. The summed E-state index contributed by atoms with van der Waals surface area (Å²) in [6.07, 6.45) is -1.03. The molecule has 5 rings (SSSR count). The van der Waals surface area contributed by atoms with E-state index < -0.39 is 29.2 Å². The summed E-state index contributed by atoms with van der Waals surface area (Å²) in [4.78, 5) is 13.6. The number of carbonyl (C=O) groups is 1. The van der Waals surface area contributed by atoms with E-state index in [4.69, 9.17) is 23.7 Å². The van der Waals surface area contributed by atoms with Crippen LogP contribution in [0.5, 0.6) is 28.7 Å². The highest BCUT2D eigenvalue weighted by atomic mass is 16.6. The van der Waals surface area contributed by atoms with Crippen LogP contribution in [0.15, 0.2) is 24.3 Å². The van der Waals surface area contributed by atoms with Gasteiger partial charge in [0.15, 0.2) is 23.2 Å². The minimum Gasteiger partial charge on any atom is -0.493 e. The van der Waals surface area contributed by atoms with E-state index in [1.165, 1.54) is 14.2 Å². The van der Waals surface area contributed by atoms with Gasteiger partial charge in [-0.1, -0.05) is 0 Å². The Morgan fingerprint density at radius 2 is 1.81 bits per heavy atom. The van der Waals surface area contributed by atoms with E-state index in [2.05, 4.69) is 0 Å². The van der Waals surface area contributed by atoms with Gasteiger partial charge in [0, 0.05) is 23.6 Å². The van der Waals surface area contributed by atoms with Crippen LogP contribution < -0.4 is 23.7 Å². The SMILES string of the molecule is COc1cc2c(cc1OC)[C@]1(O)C(=O)c3ccc4c(c3O[C@H]1CO2)C[C@@H](C(C)(C)O)O4. The van der Waals surface area contributed by atoms with Gasteiger partial charge < -0.3 is 33.9 Å². The number of rotatable bonds is 3. The van der Waals surface area contributed by atoms with Crippen LogP contribution >= 0.6 is 0 Å². The Morgan fingerprint density at radius 1 is 1.10 bits per heavy atom. The maximum Gasteiger partial charge on any atom is 0.206 e. The van der Waals surface area contributed by atoms with Crippen molar-refractivity contribution in [3.05, 3.63) is 41.0 Å². The first-order chi connectivity index (χ1) is 14.7. The van der Waals surface area contributed by atoms with Gasteiger partial charge in [-0.15, -0.1) is 0 Å². The van der Waals surface area contributed by atoms with Gasteiger partial charge in [-0.3, -0.25) is 4.79 Å². The van der Waals surface area contributed by atoms with Gasteiger partial charge in [0.05, 0.1) is 25.4 Å². The normalized spacial score (nSPS) is 25.8. The molecule has 0 unspecified atom stereocenters. The lowest BCUT2D eigenvalue weighted by Gasteiger charge is -2.43. The fraction of sp³-hybridized carbons (Fsp3) is 0.435. The zero-order valence-electron chi connectivity index (χ0n) is 17.7. The predicted molar refractivity (Wildman–Crippen MR) is 109 cm³/mol. The maximum absolute atomic E-state index is 13.6. The van der Waals surface area contributed by atoms with Crippen LogP contribution in [-0.4, -0.2) is 54.6 Å². The van der Waals surface area contributed by atoms with E-state index in [1.54, 1.807) is 38.1 Å². The van der Waals surface area contributed by atoms with E-state index in [-0.39, 0.29) is 17.7 Å². The number of Topliss-reactive ketones (excluding diaryl/α,β-unsaturated/α-hetero) is 1. The number of benzene rings is 2. The minimum absolute atomic E-state index is 0.0242. The fourth-order valence-corrected chi connectivity index (χ4v) is 4.47. The lowest BCUT2D eigenvalue weighted by atomic mass is 9.77. The van der Waals surface area contributed by atoms with Gasteiger partial charge in [0.2, 0.25) is 5.78 Å². The second kappa shape index (κ2) is 6.51. The van der Waals surface area contributed by atoms with Crippen molar-refractivity contribution in [2.75, 3.05) is 20.8 Å². The Kier molecular flexibility index (Phi) is 4.19. The van der Waals surface area contributed by atoms with Crippen molar-refractivity contribution < 1.29 is 38.7 Å². The average Bonchev–Trinajstić information content (AvgIpc) is 3.19. The van der Waals surface area contributed by atoms with E-state index in [0.717, 1.165) is 0 Å². The summed E-state index contributed by atoms with van der Waals surface area (Å²) in [5.74, 6) is 1.59. The van der Waals surface area contributed by atoms with Gasteiger partial charge in [0.25, 0.3) is 0 Å². The molecule has 0 spiro atoms. The zero-order chi connectivity index (χ0) is 22.1. The third-order valence-electron chi connectivity index (χ3n) is 6.27. The molecule has 3 aliphatic heterocycles. The molecule has 0 saturated carbocycles. The second-order valence-corrected chi connectivity index (χ2v) is 8.60. The number of ether oxygens (including phenoxy) is 5. The molecule has 0 bridgehead atoms. The lowest BCUT2D eigenvalue weighted by Crippen LogP contribution is -2.57. The molecule has 0 radical (unpaired) electrons. The number of ketones is 1. The van der Waals surface area contributed by atoms with E-state index >= 15 is 0 Å². The molecule has 2 N–H and O–H groups in total. The summed E-state index contributed by atoms with van der Waals surface area (Å²) in [5.41, 5.74) is -1.77. The van der Waals surface area contributed by atoms with Crippen molar-refractivity contribution in [2.45, 2.75) is 43.7 Å². The van der Waals surface area contributed by atoms with Gasteiger partial charge in [-0.25, -0.2) is 0 Å². The monoisotopic (exact) mass is 428 g/mol. The average molecular weight is 428 g/mol. The van der Waals surface area contributed by atoms with Crippen LogP contribution in [0.1, 0.15) is 35.3 Å². The molecule has 164 valence electrons.